The van der Waals surface area contributed by atoms with Crippen LogP contribution >= 0.6 is 34.8 Å². The Morgan fingerprint density at radius 3 is 2.00 bits per heavy atom. The van der Waals surface area contributed by atoms with Gasteiger partial charge in [-0.15, -0.1) is 0 Å². The topological polar surface area (TPSA) is 86.8 Å². The van der Waals surface area contributed by atoms with Gasteiger partial charge >= 0.3 is 0 Å². The molecule has 0 heterocycles. The maximum absolute atomic E-state index is 14.2. The summed E-state index contributed by atoms with van der Waals surface area (Å²) in [5, 5.41) is 3.68. The number of nitrogens with zero attached hydrogens (tertiary/aromatic N) is 2. The number of hydrogen-bond donors (Lipinski definition) is 1. The lowest BCUT2D eigenvalue weighted by atomic mass is 10.0. The van der Waals surface area contributed by atoms with E-state index < -0.39 is 34.4 Å². The van der Waals surface area contributed by atoms with Gasteiger partial charge in [0.1, 0.15) is 12.6 Å². The Kier molecular flexibility index (Phi) is 10.5. The quantitative estimate of drug-likeness (QED) is 0.210. The number of hydrogen-bond acceptors (Lipinski definition) is 4. The van der Waals surface area contributed by atoms with Crippen molar-refractivity contribution >= 4 is 62.3 Å². The Labute approximate surface area is 260 Å². The van der Waals surface area contributed by atoms with Gasteiger partial charge in [0, 0.05) is 25.0 Å². The molecule has 1 N–H and O–H groups in total. The number of carbonyl (C=O) groups is 2. The van der Waals surface area contributed by atoms with Crippen molar-refractivity contribution in [1.29, 1.82) is 0 Å². The Bertz CT molecular complexity index is 1640. The number of halogens is 3. The Morgan fingerprint density at radius 2 is 1.40 bits per heavy atom. The summed E-state index contributed by atoms with van der Waals surface area (Å²) in [4.78, 5) is 28.9. The molecule has 0 aliphatic heterocycles. The monoisotopic (exact) mass is 643 g/mol. The zero-order valence-electron chi connectivity index (χ0n) is 22.6. The largest absolute Gasteiger partial charge is 0.357 e. The van der Waals surface area contributed by atoms with Gasteiger partial charge in [-0.25, -0.2) is 8.42 Å². The SMILES string of the molecule is CNC(=O)[C@@H](Cc1ccccc1)N(Cc1ccc(Cl)c(Cl)c1)C(=O)CN(c1ccc(Cl)cc1)S(=O)(=O)c1ccccc1. The first-order valence-electron chi connectivity index (χ1n) is 12.9. The van der Waals surface area contributed by atoms with E-state index in [4.69, 9.17) is 34.8 Å². The summed E-state index contributed by atoms with van der Waals surface area (Å²) in [5.74, 6) is -1.00. The van der Waals surface area contributed by atoms with Crippen LogP contribution in [0.3, 0.4) is 0 Å². The molecular weight excluding hydrogens is 617 g/mol. The summed E-state index contributed by atoms with van der Waals surface area (Å²) in [7, 11) is -2.70. The highest BCUT2D eigenvalue weighted by Gasteiger charge is 2.34. The minimum Gasteiger partial charge on any atom is -0.357 e. The third kappa shape index (κ3) is 7.63. The molecule has 1 atom stereocenters. The number of likely N-dealkylation sites (N-methyl/N-ethyl adjacent to an activating group) is 1. The first-order valence-corrected chi connectivity index (χ1v) is 15.5. The third-order valence-corrected chi connectivity index (χ3v) is 9.36. The van der Waals surface area contributed by atoms with Crippen molar-refractivity contribution in [1.82, 2.24) is 10.2 Å². The van der Waals surface area contributed by atoms with Gasteiger partial charge in [0.2, 0.25) is 11.8 Å². The molecule has 2 amide bonds. The molecule has 218 valence electrons. The van der Waals surface area contributed by atoms with Crippen LogP contribution in [-0.2, 0) is 32.6 Å². The standard InChI is InChI=1S/C31H28Cl3N3O4S/c1-35-31(39)29(19-22-8-4-2-5-9-22)36(20-23-12-17-27(33)28(34)18-23)30(38)21-37(25-15-13-24(32)14-16-25)42(40,41)26-10-6-3-7-11-26/h2-18,29H,19-21H2,1H3,(H,35,39)/t29-/m1/s1. The molecule has 0 unspecified atom stereocenters. The van der Waals surface area contributed by atoms with E-state index in [-0.39, 0.29) is 28.6 Å². The lowest BCUT2D eigenvalue weighted by Gasteiger charge is -2.33. The fourth-order valence-electron chi connectivity index (χ4n) is 4.41. The second kappa shape index (κ2) is 14.1. The second-order valence-electron chi connectivity index (χ2n) is 9.39. The van der Waals surface area contributed by atoms with Gasteiger partial charge in [0.25, 0.3) is 10.0 Å². The molecular formula is C31H28Cl3N3O4S. The molecule has 0 fully saturated rings. The highest BCUT2D eigenvalue weighted by atomic mass is 35.5. The van der Waals surface area contributed by atoms with E-state index in [9.17, 15) is 18.0 Å². The van der Waals surface area contributed by atoms with Gasteiger partial charge in [0.05, 0.1) is 20.6 Å². The molecule has 0 radical (unpaired) electrons. The fourth-order valence-corrected chi connectivity index (χ4v) is 6.29. The van der Waals surface area contributed by atoms with Crippen LogP contribution in [0.25, 0.3) is 0 Å². The third-order valence-electron chi connectivity index (χ3n) is 6.58. The molecule has 0 aromatic heterocycles. The zero-order valence-corrected chi connectivity index (χ0v) is 25.7. The van der Waals surface area contributed by atoms with E-state index >= 15 is 0 Å². The summed E-state index contributed by atoms with van der Waals surface area (Å²) in [6.45, 7) is -0.608. The maximum Gasteiger partial charge on any atom is 0.264 e. The molecule has 4 rings (SSSR count). The zero-order chi connectivity index (χ0) is 30.3. The molecule has 4 aromatic carbocycles. The molecule has 11 heteroatoms. The first-order chi connectivity index (χ1) is 20.1. The summed E-state index contributed by atoms with van der Waals surface area (Å²) in [6, 6.07) is 27.2. The van der Waals surface area contributed by atoms with Gasteiger partial charge in [0.15, 0.2) is 0 Å². The molecule has 0 aliphatic rings. The van der Waals surface area contributed by atoms with E-state index in [1.165, 1.54) is 36.2 Å². The van der Waals surface area contributed by atoms with E-state index in [1.54, 1.807) is 48.5 Å². The van der Waals surface area contributed by atoms with Crippen molar-refractivity contribution in [2.75, 3.05) is 17.9 Å². The van der Waals surface area contributed by atoms with Crippen molar-refractivity contribution in [2.45, 2.75) is 23.9 Å². The predicted octanol–water partition coefficient (Wildman–Crippen LogP) is 6.23. The van der Waals surface area contributed by atoms with Crippen molar-refractivity contribution in [3.8, 4) is 0 Å². The van der Waals surface area contributed by atoms with Gasteiger partial charge in [-0.05, 0) is 59.7 Å². The lowest BCUT2D eigenvalue weighted by molar-refractivity contribution is -0.139. The summed E-state index contributed by atoms with van der Waals surface area (Å²) >= 11 is 18.5. The number of rotatable bonds is 11. The van der Waals surface area contributed by atoms with E-state index in [1.807, 2.05) is 30.3 Å². The summed E-state index contributed by atoms with van der Waals surface area (Å²) in [6.07, 6.45) is 0.194. The molecule has 0 saturated carbocycles. The number of benzene rings is 4. The van der Waals surface area contributed by atoms with Crippen LogP contribution in [0.15, 0.2) is 108 Å². The van der Waals surface area contributed by atoms with Crippen LogP contribution in [-0.4, -0.2) is 44.8 Å². The van der Waals surface area contributed by atoms with Crippen molar-refractivity contribution < 1.29 is 18.0 Å². The number of amides is 2. The molecule has 0 spiro atoms. The molecule has 0 aliphatic carbocycles. The van der Waals surface area contributed by atoms with Gasteiger partial charge in [-0.2, -0.15) is 0 Å². The maximum atomic E-state index is 14.2. The highest BCUT2D eigenvalue weighted by Crippen LogP contribution is 2.27. The van der Waals surface area contributed by atoms with E-state index in [2.05, 4.69) is 5.32 Å². The van der Waals surface area contributed by atoms with E-state index in [0.717, 1.165) is 9.87 Å². The van der Waals surface area contributed by atoms with Crippen molar-refractivity contribution in [3.05, 3.63) is 129 Å². The smallest absolute Gasteiger partial charge is 0.264 e. The molecule has 0 saturated heterocycles. The minimum absolute atomic E-state index is 0.0101. The molecule has 0 bridgehead atoms. The van der Waals surface area contributed by atoms with Crippen LogP contribution < -0.4 is 9.62 Å². The van der Waals surface area contributed by atoms with Crippen molar-refractivity contribution in [2.24, 2.45) is 0 Å². The predicted molar refractivity (Wildman–Crippen MR) is 167 cm³/mol. The average Bonchev–Trinajstić information content (AvgIpc) is 3.00. The van der Waals surface area contributed by atoms with E-state index in [0.29, 0.717) is 15.6 Å². The number of carbonyl (C=O) groups excluding carboxylic acids is 2. The fraction of sp³-hybridized carbons (Fsp3) is 0.161. The number of sulfonamides is 1. The Balaban J connectivity index is 1.79. The highest BCUT2D eigenvalue weighted by molar-refractivity contribution is 7.92. The van der Waals surface area contributed by atoms with Gasteiger partial charge < -0.3 is 10.2 Å². The van der Waals surface area contributed by atoms with Crippen LogP contribution in [0, 0.1) is 0 Å². The Hall–Kier alpha value is -3.56. The lowest BCUT2D eigenvalue weighted by Crippen LogP contribution is -2.53. The first kappa shape index (κ1) is 31.4. The molecule has 4 aromatic rings. The second-order valence-corrected chi connectivity index (χ2v) is 12.5. The van der Waals surface area contributed by atoms with Crippen LogP contribution in [0.5, 0.6) is 0 Å². The summed E-state index contributed by atoms with van der Waals surface area (Å²) < 4.78 is 28.8. The number of anilines is 1. The van der Waals surface area contributed by atoms with Crippen LogP contribution in [0.1, 0.15) is 11.1 Å². The molecule has 42 heavy (non-hydrogen) atoms. The van der Waals surface area contributed by atoms with Gasteiger partial charge in [-0.3, -0.25) is 13.9 Å². The normalized spacial score (nSPS) is 11.9. The molecule has 7 nitrogen and oxygen atoms in total. The Morgan fingerprint density at radius 1 is 0.786 bits per heavy atom. The minimum atomic E-state index is -4.19. The van der Waals surface area contributed by atoms with Gasteiger partial charge in [-0.1, -0.05) is 89.4 Å². The van der Waals surface area contributed by atoms with Crippen LogP contribution in [0.2, 0.25) is 15.1 Å². The summed E-state index contributed by atoms with van der Waals surface area (Å²) in [5.41, 5.74) is 1.68. The average molecular weight is 645 g/mol. The van der Waals surface area contributed by atoms with Crippen LogP contribution in [0.4, 0.5) is 5.69 Å². The van der Waals surface area contributed by atoms with Crippen molar-refractivity contribution in [3.63, 3.8) is 0 Å². The number of nitrogens with one attached hydrogen (secondary N) is 1.